The molecule has 168 valence electrons. The molecule has 1 fully saturated rings. The second-order valence-corrected chi connectivity index (χ2v) is 7.33. The number of anilines is 1. The maximum atomic E-state index is 14.8. The van der Waals surface area contributed by atoms with Gasteiger partial charge >= 0.3 is 6.01 Å². The molecular formula is C22H20FN7O3. The van der Waals surface area contributed by atoms with Crippen LogP contribution < -0.4 is 15.8 Å². The number of nitrogens with zero attached hydrogens (tertiary/aromatic N) is 5. The first-order valence-corrected chi connectivity index (χ1v) is 9.95. The Morgan fingerprint density at radius 2 is 2.06 bits per heavy atom. The van der Waals surface area contributed by atoms with Crippen molar-refractivity contribution in [2.24, 2.45) is 0 Å². The highest BCUT2D eigenvalue weighted by Gasteiger charge is 2.34. The highest BCUT2D eigenvalue weighted by atomic mass is 19.1. The minimum atomic E-state index is -0.699. The van der Waals surface area contributed by atoms with Crippen molar-refractivity contribution < 1.29 is 18.7 Å². The van der Waals surface area contributed by atoms with Gasteiger partial charge in [0.05, 0.1) is 11.6 Å². The molecule has 0 radical (unpaired) electrons. The summed E-state index contributed by atoms with van der Waals surface area (Å²) in [5.41, 5.74) is 7.25. The highest BCUT2D eigenvalue weighted by molar-refractivity contribution is 6.01. The number of likely N-dealkylation sites (tertiary alicyclic amines) is 1. The number of amides is 2. The molecule has 2 aromatic heterocycles. The lowest BCUT2D eigenvalue weighted by Crippen LogP contribution is -2.60. The summed E-state index contributed by atoms with van der Waals surface area (Å²) in [7, 11) is 0. The molecule has 0 atom stereocenters. The minimum absolute atomic E-state index is 0.0101. The SMILES string of the molecule is C=CC(=O)NC1CN(C(=O)c2ncnc(N)c2-c2ccc(Oc3nccc(C)n3)c(F)c2)C1. The molecule has 3 aromatic rings. The number of benzene rings is 1. The van der Waals surface area contributed by atoms with Gasteiger partial charge in [-0.3, -0.25) is 9.59 Å². The van der Waals surface area contributed by atoms with E-state index in [4.69, 9.17) is 10.5 Å². The maximum Gasteiger partial charge on any atom is 0.322 e. The van der Waals surface area contributed by atoms with Gasteiger partial charge in [0.2, 0.25) is 5.91 Å². The molecule has 1 aliphatic heterocycles. The third kappa shape index (κ3) is 4.61. The van der Waals surface area contributed by atoms with Gasteiger partial charge in [-0.1, -0.05) is 12.6 Å². The Hall–Kier alpha value is -4.41. The van der Waals surface area contributed by atoms with E-state index < -0.39 is 11.7 Å². The molecular weight excluding hydrogens is 429 g/mol. The number of nitrogens with two attached hydrogens (primary N) is 1. The maximum absolute atomic E-state index is 14.8. The van der Waals surface area contributed by atoms with E-state index in [2.05, 4.69) is 31.8 Å². The third-order valence-electron chi connectivity index (χ3n) is 4.97. The van der Waals surface area contributed by atoms with Crippen molar-refractivity contribution in [1.82, 2.24) is 30.2 Å². The molecule has 3 heterocycles. The molecule has 0 bridgehead atoms. The van der Waals surface area contributed by atoms with Crippen molar-refractivity contribution in [3.8, 4) is 22.9 Å². The Morgan fingerprint density at radius 1 is 1.27 bits per heavy atom. The Kier molecular flexibility index (Phi) is 5.94. The average molecular weight is 449 g/mol. The average Bonchev–Trinajstić information content (AvgIpc) is 2.76. The zero-order valence-electron chi connectivity index (χ0n) is 17.7. The van der Waals surface area contributed by atoms with Gasteiger partial charge in [-0.15, -0.1) is 0 Å². The van der Waals surface area contributed by atoms with Crippen molar-refractivity contribution in [3.05, 3.63) is 66.6 Å². The van der Waals surface area contributed by atoms with Crippen molar-refractivity contribution >= 4 is 17.6 Å². The first-order chi connectivity index (χ1) is 15.9. The summed E-state index contributed by atoms with van der Waals surface area (Å²) in [4.78, 5) is 42.0. The number of aryl methyl sites for hydroxylation is 1. The van der Waals surface area contributed by atoms with Gasteiger partial charge in [-0.05, 0) is 36.8 Å². The second kappa shape index (κ2) is 8.99. The Balaban J connectivity index is 1.57. The van der Waals surface area contributed by atoms with Crippen LogP contribution in [0, 0.1) is 12.7 Å². The predicted molar refractivity (Wildman–Crippen MR) is 117 cm³/mol. The van der Waals surface area contributed by atoms with E-state index in [1.165, 1.54) is 35.6 Å². The van der Waals surface area contributed by atoms with Crippen LogP contribution in [0.15, 0.2) is 49.4 Å². The normalized spacial score (nSPS) is 13.2. The number of rotatable bonds is 6. The van der Waals surface area contributed by atoms with Gasteiger partial charge in [0.15, 0.2) is 11.6 Å². The van der Waals surface area contributed by atoms with E-state index in [1.54, 1.807) is 19.1 Å². The van der Waals surface area contributed by atoms with Crippen LogP contribution in [0.4, 0.5) is 10.2 Å². The highest BCUT2D eigenvalue weighted by Crippen LogP contribution is 2.32. The molecule has 10 nitrogen and oxygen atoms in total. The summed E-state index contributed by atoms with van der Waals surface area (Å²) in [6.45, 7) is 5.77. The summed E-state index contributed by atoms with van der Waals surface area (Å²) in [6, 6.07) is 5.64. The molecule has 4 rings (SSSR count). The molecule has 0 saturated carbocycles. The molecule has 33 heavy (non-hydrogen) atoms. The van der Waals surface area contributed by atoms with Gasteiger partial charge in [0.1, 0.15) is 17.8 Å². The first-order valence-electron chi connectivity index (χ1n) is 9.95. The van der Waals surface area contributed by atoms with Gasteiger partial charge < -0.3 is 20.7 Å². The largest absolute Gasteiger partial charge is 0.421 e. The van der Waals surface area contributed by atoms with E-state index in [9.17, 15) is 14.0 Å². The van der Waals surface area contributed by atoms with Crippen LogP contribution in [0.2, 0.25) is 0 Å². The lowest BCUT2D eigenvalue weighted by Gasteiger charge is -2.39. The van der Waals surface area contributed by atoms with E-state index in [0.29, 0.717) is 24.3 Å². The summed E-state index contributed by atoms with van der Waals surface area (Å²) in [5.74, 6) is -1.47. The van der Waals surface area contributed by atoms with Crippen LogP contribution in [0.25, 0.3) is 11.1 Å². The Morgan fingerprint density at radius 3 is 2.76 bits per heavy atom. The quantitative estimate of drug-likeness (QED) is 0.545. The Bertz CT molecular complexity index is 1240. The minimum Gasteiger partial charge on any atom is -0.421 e. The van der Waals surface area contributed by atoms with Crippen LogP contribution in [-0.4, -0.2) is 55.8 Å². The number of carbonyl (C=O) groups excluding carboxylic acids is 2. The standard InChI is InChI=1S/C22H20FN7O3/c1-3-17(31)29-14-9-30(10-14)21(32)19-18(20(24)27-11-26-19)13-4-5-16(15(23)8-13)33-22-25-7-6-12(2)28-22/h3-8,11,14H,1,9-10H2,2H3,(H,29,31)(H2,24,26,27). The fourth-order valence-electron chi connectivity index (χ4n) is 3.30. The lowest BCUT2D eigenvalue weighted by molar-refractivity contribution is -0.118. The number of nitrogen functional groups attached to an aromatic ring is 1. The fourth-order valence-corrected chi connectivity index (χ4v) is 3.30. The van der Waals surface area contributed by atoms with Gasteiger partial charge in [-0.25, -0.2) is 24.3 Å². The van der Waals surface area contributed by atoms with E-state index >= 15 is 0 Å². The summed E-state index contributed by atoms with van der Waals surface area (Å²) in [5, 5.41) is 2.72. The molecule has 0 unspecified atom stereocenters. The number of hydrogen-bond donors (Lipinski definition) is 2. The number of ether oxygens (including phenoxy) is 1. The second-order valence-electron chi connectivity index (χ2n) is 7.33. The summed E-state index contributed by atoms with van der Waals surface area (Å²) < 4.78 is 20.3. The monoisotopic (exact) mass is 449 g/mol. The van der Waals surface area contributed by atoms with Crippen LogP contribution >= 0.6 is 0 Å². The molecule has 1 aromatic carbocycles. The molecule has 0 spiro atoms. The molecule has 0 aliphatic carbocycles. The number of hydrogen-bond acceptors (Lipinski definition) is 8. The Labute approximate surface area is 188 Å². The van der Waals surface area contributed by atoms with Gasteiger partial charge in [-0.2, -0.15) is 0 Å². The molecule has 2 amide bonds. The van der Waals surface area contributed by atoms with E-state index in [-0.39, 0.29) is 40.8 Å². The number of nitrogens with one attached hydrogen (secondary N) is 1. The molecule has 1 aliphatic rings. The van der Waals surface area contributed by atoms with Gasteiger partial charge in [0, 0.05) is 25.0 Å². The fraction of sp³-hybridized carbons (Fsp3) is 0.182. The zero-order chi connectivity index (χ0) is 23.5. The van der Waals surface area contributed by atoms with E-state index in [0.717, 1.165) is 0 Å². The van der Waals surface area contributed by atoms with Crippen molar-refractivity contribution in [2.45, 2.75) is 13.0 Å². The van der Waals surface area contributed by atoms with Crippen LogP contribution in [0.3, 0.4) is 0 Å². The first kappa shape index (κ1) is 21.8. The zero-order valence-corrected chi connectivity index (χ0v) is 17.7. The molecule has 1 saturated heterocycles. The van der Waals surface area contributed by atoms with Gasteiger partial charge in [0.25, 0.3) is 5.91 Å². The smallest absolute Gasteiger partial charge is 0.322 e. The van der Waals surface area contributed by atoms with Crippen LogP contribution in [0.5, 0.6) is 11.8 Å². The van der Waals surface area contributed by atoms with Crippen LogP contribution in [0.1, 0.15) is 16.2 Å². The predicted octanol–water partition coefficient (Wildman–Crippen LogP) is 1.88. The molecule has 3 N–H and O–H groups in total. The topological polar surface area (TPSA) is 136 Å². The number of aromatic nitrogens is 4. The number of halogens is 1. The summed E-state index contributed by atoms with van der Waals surface area (Å²) >= 11 is 0. The third-order valence-corrected chi connectivity index (χ3v) is 4.97. The summed E-state index contributed by atoms with van der Waals surface area (Å²) in [6.07, 6.45) is 3.85. The number of carbonyl (C=O) groups is 2. The van der Waals surface area contributed by atoms with Crippen molar-refractivity contribution in [1.29, 1.82) is 0 Å². The van der Waals surface area contributed by atoms with E-state index in [1.807, 2.05) is 0 Å². The van der Waals surface area contributed by atoms with Crippen LogP contribution in [-0.2, 0) is 4.79 Å². The lowest BCUT2D eigenvalue weighted by atomic mass is 10.0. The van der Waals surface area contributed by atoms with Crippen molar-refractivity contribution in [2.75, 3.05) is 18.8 Å². The van der Waals surface area contributed by atoms with Crippen molar-refractivity contribution in [3.63, 3.8) is 0 Å². The molecule has 11 heteroatoms.